The lowest BCUT2D eigenvalue weighted by Crippen LogP contribution is -2.34. The molecule has 114 valence electrons. The van der Waals surface area contributed by atoms with Crippen molar-refractivity contribution < 1.29 is 9.26 Å². The van der Waals surface area contributed by atoms with Crippen molar-refractivity contribution in [3.8, 4) is 0 Å². The predicted molar refractivity (Wildman–Crippen MR) is 75.6 cm³/mol. The summed E-state index contributed by atoms with van der Waals surface area (Å²) in [5, 5.41) is 12.6. The van der Waals surface area contributed by atoms with E-state index in [0.717, 1.165) is 49.2 Å². The van der Waals surface area contributed by atoms with Crippen LogP contribution in [0.4, 0.5) is 0 Å². The maximum absolute atomic E-state index is 5.19. The fourth-order valence-corrected chi connectivity index (χ4v) is 2.79. The highest BCUT2D eigenvalue weighted by atomic mass is 16.5. The average molecular weight is 291 g/mol. The summed E-state index contributed by atoms with van der Waals surface area (Å²) < 4.78 is 12.5. The van der Waals surface area contributed by atoms with Gasteiger partial charge in [-0.1, -0.05) is 5.16 Å². The molecule has 0 unspecified atom stereocenters. The summed E-state index contributed by atoms with van der Waals surface area (Å²) in [6.45, 7) is 7.26. The summed E-state index contributed by atoms with van der Waals surface area (Å²) in [5.74, 6) is 2.79. The molecule has 21 heavy (non-hydrogen) atoms. The summed E-state index contributed by atoms with van der Waals surface area (Å²) in [6.07, 6.45) is 0.882. The van der Waals surface area contributed by atoms with Gasteiger partial charge in [-0.3, -0.25) is 4.90 Å². The van der Waals surface area contributed by atoms with E-state index >= 15 is 0 Å². The van der Waals surface area contributed by atoms with Crippen LogP contribution in [0.1, 0.15) is 30.0 Å². The summed E-state index contributed by atoms with van der Waals surface area (Å²) in [5.41, 5.74) is 0.981. The monoisotopic (exact) mass is 291 g/mol. The zero-order chi connectivity index (χ0) is 14.8. The smallest absolute Gasteiger partial charge is 0.159 e. The molecule has 0 aliphatic carbocycles. The van der Waals surface area contributed by atoms with Gasteiger partial charge in [-0.15, -0.1) is 10.2 Å². The van der Waals surface area contributed by atoms with Gasteiger partial charge in [0.05, 0.1) is 5.69 Å². The topological polar surface area (TPSA) is 69.2 Å². The van der Waals surface area contributed by atoms with Gasteiger partial charge in [-0.05, 0) is 13.8 Å². The first kappa shape index (κ1) is 14.2. The first-order chi connectivity index (χ1) is 10.2. The highest BCUT2D eigenvalue weighted by Crippen LogP contribution is 2.17. The first-order valence-electron chi connectivity index (χ1n) is 7.23. The third kappa shape index (κ3) is 2.98. The summed E-state index contributed by atoms with van der Waals surface area (Å²) in [7, 11) is 1.68. The highest BCUT2D eigenvalue weighted by Gasteiger charge is 2.24. The van der Waals surface area contributed by atoms with Crippen LogP contribution in [0.2, 0.25) is 0 Å². The minimum Gasteiger partial charge on any atom is -0.377 e. The standard InChI is InChI=1S/C14H21N5O2/c1-10-6-13-15-16-14(9-20-3)19(13)5-4-18(10)8-12-7-11(2)21-17-12/h7,10H,4-6,8-9H2,1-3H3/t10-/m0/s1. The molecule has 0 aromatic carbocycles. The number of methoxy groups -OCH3 is 1. The SMILES string of the molecule is COCc1nnc2n1CCN(Cc1cc(C)on1)[C@@H](C)C2. The van der Waals surface area contributed by atoms with Gasteiger partial charge in [0.1, 0.15) is 18.2 Å². The van der Waals surface area contributed by atoms with Crippen LogP contribution in [0.15, 0.2) is 10.6 Å². The highest BCUT2D eigenvalue weighted by molar-refractivity contribution is 5.05. The maximum atomic E-state index is 5.19. The molecule has 0 saturated heterocycles. The summed E-state index contributed by atoms with van der Waals surface area (Å²) in [4.78, 5) is 2.41. The van der Waals surface area contributed by atoms with Crippen LogP contribution >= 0.6 is 0 Å². The number of fused-ring (bicyclic) bond motifs is 1. The lowest BCUT2D eigenvalue weighted by molar-refractivity contribution is 0.170. The lowest BCUT2D eigenvalue weighted by Gasteiger charge is -2.25. The normalized spacial score (nSPS) is 19.5. The second-order valence-electron chi connectivity index (χ2n) is 5.57. The second kappa shape index (κ2) is 5.95. The number of aromatic nitrogens is 4. The van der Waals surface area contributed by atoms with Crippen molar-refractivity contribution in [1.29, 1.82) is 0 Å². The molecule has 0 radical (unpaired) electrons. The molecule has 0 amide bonds. The number of nitrogens with zero attached hydrogens (tertiary/aromatic N) is 5. The number of rotatable bonds is 4. The van der Waals surface area contributed by atoms with Crippen LogP contribution in [0.5, 0.6) is 0 Å². The van der Waals surface area contributed by atoms with Crippen LogP contribution in [0.3, 0.4) is 0 Å². The molecule has 0 saturated carbocycles. The van der Waals surface area contributed by atoms with Crippen LogP contribution in [-0.4, -0.2) is 44.5 Å². The Morgan fingerprint density at radius 3 is 2.95 bits per heavy atom. The molecular formula is C14H21N5O2. The van der Waals surface area contributed by atoms with E-state index in [2.05, 4.69) is 31.7 Å². The van der Waals surface area contributed by atoms with E-state index in [9.17, 15) is 0 Å². The number of hydrogen-bond donors (Lipinski definition) is 0. The van der Waals surface area contributed by atoms with E-state index in [1.54, 1.807) is 7.11 Å². The fourth-order valence-electron chi connectivity index (χ4n) is 2.79. The van der Waals surface area contributed by atoms with Crippen molar-refractivity contribution in [3.05, 3.63) is 29.2 Å². The molecule has 0 spiro atoms. The molecule has 7 nitrogen and oxygen atoms in total. The van der Waals surface area contributed by atoms with E-state index in [1.165, 1.54) is 0 Å². The van der Waals surface area contributed by atoms with Crippen LogP contribution in [0.25, 0.3) is 0 Å². The first-order valence-corrected chi connectivity index (χ1v) is 7.23. The molecule has 1 aliphatic rings. The van der Waals surface area contributed by atoms with Crippen molar-refractivity contribution in [2.24, 2.45) is 0 Å². The van der Waals surface area contributed by atoms with Crippen molar-refractivity contribution in [2.75, 3.05) is 13.7 Å². The molecule has 0 bridgehead atoms. The minimum absolute atomic E-state index is 0.392. The predicted octanol–water partition coefficient (Wildman–Crippen LogP) is 1.17. The number of ether oxygens (including phenoxy) is 1. The Morgan fingerprint density at radius 2 is 2.24 bits per heavy atom. The average Bonchev–Trinajstić information content (AvgIpc) is 2.98. The Hall–Kier alpha value is -1.73. The third-order valence-corrected chi connectivity index (χ3v) is 3.93. The molecule has 0 N–H and O–H groups in total. The third-order valence-electron chi connectivity index (χ3n) is 3.93. The zero-order valence-electron chi connectivity index (χ0n) is 12.7. The van der Waals surface area contributed by atoms with Gasteiger partial charge < -0.3 is 13.8 Å². The lowest BCUT2D eigenvalue weighted by atomic mass is 10.2. The Bertz CT molecular complexity index is 606. The minimum atomic E-state index is 0.392. The van der Waals surface area contributed by atoms with Crippen molar-refractivity contribution in [1.82, 2.24) is 24.8 Å². The second-order valence-corrected chi connectivity index (χ2v) is 5.57. The molecular weight excluding hydrogens is 270 g/mol. The molecule has 7 heteroatoms. The summed E-state index contributed by atoms with van der Waals surface area (Å²) >= 11 is 0. The Balaban J connectivity index is 1.73. The van der Waals surface area contributed by atoms with E-state index in [4.69, 9.17) is 9.26 Å². The molecule has 3 rings (SSSR count). The molecule has 1 aliphatic heterocycles. The van der Waals surface area contributed by atoms with Crippen molar-refractivity contribution >= 4 is 0 Å². The van der Waals surface area contributed by atoms with Gasteiger partial charge in [-0.2, -0.15) is 0 Å². The maximum Gasteiger partial charge on any atom is 0.159 e. The van der Waals surface area contributed by atoms with Crippen LogP contribution < -0.4 is 0 Å². The van der Waals surface area contributed by atoms with Gasteiger partial charge >= 0.3 is 0 Å². The molecule has 1 atom stereocenters. The van der Waals surface area contributed by atoms with E-state index in [-0.39, 0.29) is 0 Å². The van der Waals surface area contributed by atoms with Gasteiger partial charge in [0, 0.05) is 45.3 Å². The molecule has 2 aromatic heterocycles. The van der Waals surface area contributed by atoms with Crippen LogP contribution in [0, 0.1) is 6.92 Å². The van der Waals surface area contributed by atoms with Gasteiger partial charge in [0.25, 0.3) is 0 Å². The van der Waals surface area contributed by atoms with Crippen molar-refractivity contribution in [3.63, 3.8) is 0 Å². The quantitative estimate of drug-likeness (QED) is 0.842. The summed E-state index contributed by atoms with van der Waals surface area (Å²) in [6, 6.07) is 2.39. The van der Waals surface area contributed by atoms with Crippen molar-refractivity contribution in [2.45, 2.75) is 46.0 Å². The largest absolute Gasteiger partial charge is 0.377 e. The van der Waals surface area contributed by atoms with E-state index in [1.807, 2.05) is 13.0 Å². The van der Waals surface area contributed by atoms with E-state index in [0.29, 0.717) is 12.6 Å². The number of hydrogen-bond acceptors (Lipinski definition) is 6. The zero-order valence-corrected chi connectivity index (χ0v) is 12.7. The Morgan fingerprint density at radius 1 is 1.38 bits per heavy atom. The number of aryl methyl sites for hydroxylation is 1. The van der Waals surface area contributed by atoms with E-state index < -0.39 is 0 Å². The van der Waals surface area contributed by atoms with Gasteiger partial charge in [-0.25, -0.2) is 0 Å². The Labute approximate surface area is 123 Å². The van der Waals surface area contributed by atoms with Gasteiger partial charge in [0.15, 0.2) is 5.82 Å². The van der Waals surface area contributed by atoms with Crippen LogP contribution in [-0.2, 0) is 30.9 Å². The van der Waals surface area contributed by atoms with Gasteiger partial charge in [0.2, 0.25) is 0 Å². The Kier molecular flexibility index (Phi) is 4.03. The molecule has 2 aromatic rings. The molecule has 3 heterocycles. The molecule has 0 fully saturated rings. The fraction of sp³-hybridized carbons (Fsp3) is 0.643.